The fraction of sp³-hybridized carbons (Fsp3) is 0.400. The minimum absolute atomic E-state index is 0.362. The highest BCUT2D eigenvalue weighted by Gasteiger charge is 2.18. The molecule has 0 spiro atoms. The van der Waals surface area contributed by atoms with Gasteiger partial charge in [0.2, 0.25) is 5.95 Å². The predicted molar refractivity (Wildman–Crippen MR) is 132 cm³/mol. The van der Waals surface area contributed by atoms with E-state index >= 15 is 0 Å². The number of piperazine rings is 1. The van der Waals surface area contributed by atoms with Crippen molar-refractivity contribution in [1.82, 2.24) is 24.4 Å². The number of benzene rings is 1. The largest absolute Gasteiger partial charge is 0.368 e. The average molecular weight is 430 g/mol. The first-order chi connectivity index (χ1) is 15.5. The molecule has 3 aromatic heterocycles. The van der Waals surface area contributed by atoms with Gasteiger partial charge in [-0.1, -0.05) is 19.1 Å². The summed E-state index contributed by atoms with van der Waals surface area (Å²) in [5, 5.41) is 5.55. The molecule has 7 heteroatoms. The third-order valence-electron chi connectivity index (χ3n) is 6.47. The van der Waals surface area contributed by atoms with E-state index in [4.69, 9.17) is 4.98 Å². The van der Waals surface area contributed by atoms with Gasteiger partial charge in [-0.2, -0.15) is 0 Å². The summed E-state index contributed by atoms with van der Waals surface area (Å²) in [6.45, 7) is 14.2. The molecule has 32 heavy (non-hydrogen) atoms. The maximum absolute atomic E-state index is 4.87. The van der Waals surface area contributed by atoms with Crippen LogP contribution in [0.4, 0.5) is 17.5 Å². The Morgan fingerprint density at radius 3 is 2.50 bits per heavy atom. The Bertz CT molecular complexity index is 1250. The maximum Gasteiger partial charge on any atom is 0.228 e. The van der Waals surface area contributed by atoms with Crippen molar-refractivity contribution in [3.8, 4) is 0 Å². The van der Waals surface area contributed by atoms with Gasteiger partial charge in [0.1, 0.15) is 11.3 Å². The number of nitrogens with zero attached hydrogens (tertiary/aromatic N) is 6. The van der Waals surface area contributed by atoms with Crippen LogP contribution < -0.4 is 10.2 Å². The van der Waals surface area contributed by atoms with Crippen molar-refractivity contribution >= 4 is 39.3 Å². The predicted octanol–water partition coefficient (Wildman–Crippen LogP) is 4.75. The van der Waals surface area contributed by atoms with Crippen LogP contribution in [0, 0.1) is 6.92 Å². The van der Waals surface area contributed by atoms with Gasteiger partial charge in [-0.05, 0) is 45.0 Å². The Balaban J connectivity index is 1.42. The van der Waals surface area contributed by atoms with Crippen LogP contribution in [0.15, 0.2) is 42.9 Å². The number of aromatic nitrogens is 4. The van der Waals surface area contributed by atoms with Gasteiger partial charge in [0.05, 0.1) is 17.4 Å². The van der Waals surface area contributed by atoms with Crippen molar-refractivity contribution in [2.75, 3.05) is 42.9 Å². The Hall–Kier alpha value is -3.19. The zero-order chi connectivity index (χ0) is 22.2. The molecule has 1 aliphatic heterocycles. The Kier molecular flexibility index (Phi) is 5.43. The minimum atomic E-state index is 0.362. The highest BCUT2D eigenvalue weighted by molar-refractivity contribution is 6.03. The summed E-state index contributed by atoms with van der Waals surface area (Å²) in [6.07, 6.45) is 5.99. The molecule has 4 heterocycles. The number of nitrogens with one attached hydrogen (secondary N) is 1. The minimum Gasteiger partial charge on any atom is -0.368 e. The van der Waals surface area contributed by atoms with Gasteiger partial charge >= 0.3 is 0 Å². The van der Waals surface area contributed by atoms with E-state index in [1.54, 1.807) is 0 Å². The summed E-state index contributed by atoms with van der Waals surface area (Å²) in [5.41, 5.74) is 4.53. The molecule has 5 rings (SSSR count). The van der Waals surface area contributed by atoms with Gasteiger partial charge < -0.3 is 19.7 Å². The second-order valence-corrected chi connectivity index (χ2v) is 8.85. The van der Waals surface area contributed by atoms with Crippen LogP contribution in [-0.4, -0.2) is 57.1 Å². The Labute approximate surface area is 189 Å². The third kappa shape index (κ3) is 3.77. The standard InChI is InChI=1S/C25H31N7/c1-5-30-10-12-31(13-11-30)21-16-26-22(14-18(21)4)28-25-27-15-20-7-6-19-8-9-32(17(2)3)24(19)23(20)29-25/h6-9,14-17H,5,10-13H2,1-4H3,(H,26,27,28,29). The first-order valence-corrected chi connectivity index (χ1v) is 11.5. The van der Waals surface area contributed by atoms with Gasteiger partial charge in [0, 0.05) is 55.4 Å². The lowest BCUT2D eigenvalue weighted by Gasteiger charge is -2.36. The number of hydrogen-bond acceptors (Lipinski definition) is 6. The summed E-state index contributed by atoms with van der Waals surface area (Å²) < 4.78 is 2.27. The fourth-order valence-electron chi connectivity index (χ4n) is 4.60. The monoisotopic (exact) mass is 429 g/mol. The molecule has 7 nitrogen and oxygen atoms in total. The molecule has 0 unspecified atom stereocenters. The van der Waals surface area contributed by atoms with Crippen molar-refractivity contribution < 1.29 is 0 Å². The van der Waals surface area contributed by atoms with Crippen LogP contribution in [0.5, 0.6) is 0 Å². The molecule has 0 radical (unpaired) electrons. The van der Waals surface area contributed by atoms with Crippen LogP contribution in [-0.2, 0) is 0 Å². The van der Waals surface area contributed by atoms with E-state index < -0.39 is 0 Å². The molecule has 1 aromatic carbocycles. The van der Waals surface area contributed by atoms with Gasteiger partial charge in [0.25, 0.3) is 0 Å². The molecule has 0 saturated carbocycles. The summed E-state index contributed by atoms with van der Waals surface area (Å²) in [6, 6.07) is 8.82. The molecule has 4 aromatic rings. The third-order valence-corrected chi connectivity index (χ3v) is 6.47. The number of aryl methyl sites for hydroxylation is 1. The van der Waals surface area contributed by atoms with E-state index in [1.165, 1.54) is 16.6 Å². The van der Waals surface area contributed by atoms with Gasteiger partial charge in [-0.3, -0.25) is 0 Å². The Morgan fingerprint density at radius 2 is 1.78 bits per heavy atom. The van der Waals surface area contributed by atoms with Crippen LogP contribution >= 0.6 is 0 Å². The lowest BCUT2D eigenvalue weighted by molar-refractivity contribution is 0.271. The Morgan fingerprint density at radius 1 is 1.00 bits per heavy atom. The second kappa shape index (κ2) is 8.39. The van der Waals surface area contributed by atoms with Crippen molar-refractivity contribution in [1.29, 1.82) is 0 Å². The molecule has 166 valence electrons. The highest BCUT2D eigenvalue weighted by Crippen LogP contribution is 2.29. The number of anilines is 3. The van der Waals surface area contributed by atoms with Crippen molar-refractivity contribution in [2.45, 2.75) is 33.7 Å². The molecule has 0 bridgehead atoms. The van der Waals surface area contributed by atoms with Crippen LogP contribution in [0.2, 0.25) is 0 Å². The second-order valence-electron chi connectivity index (χ2n) is 8.85. The summed E-state index contributed by atoms with van der Waals surface area (Å²) in [4.78, 5) is 19.0. The average Bonchev–Trinajstić information content (AvgIpc) is 3.24. The molecular formula is C25H31N7. The maximum atomic E-state index is 4.87. The SMILES string of the molecule is CCN1CCN(c2cnc(Nc3ncc4ccc5ccn(C(C)C)c5c4n3)cc2C)CC1. The first-order valence-electron chi connectivity index (χ1n) is 11.5. The topological polar surface area (TPSA) is 62.1 Å². The van der Waals surface area contributed by atoms with Gasteiger partial charge in [0.15, 0.2) is 0 Å². The number of fused-ring (bicyclic) bond motifs is 3. The quantitative estimate of drug-likeness (QED) is 0.494. The number of rotatable bonds is 5. The fourth-order valence-corrected chi connectivity index (χ4v) is 4.60. The molecule has 1 aliphatic rings. The van der Waals surface area contributed by atoms with E-state index in [0.29, 0.717) is 12.0 Å². The smallest absolute Gasteiger partial charge is 0.228 e. The highest BCUT2D eigenvalue weighted by atomic mass is 15.3. The van der Waals surface area contributed by atoms with E-state index in [-0.39, 0.29) is 0 Å². The van der Waals surface area contributed by atoms with E-state index in [1.807, 2.05) is 12.4 Å². The summed E-state index contributed by atoms with van der Waals surface area (Å²) in [7, 11) is 0. The molecular weight excluding hydrogens is 398 g/mol. The summed E-state index contributed by atoms with van der Waals surface area (Å²) >= 11 is 0. The molecule has 0 atom stereocenters. The van der Waals surface area contributed by atoms with Gasteiger partial charge in [-0.15, -0.1) is 0 Å². The lowest BCUT2D eigenvalue weighted by atomic mass is 10.2. The van der Waals surface area contributed by atoms with Gasteiger partial charge in [-0.25, -0.2) is 15.0 Å². The normalized spacial score (nSPS) is 15.2. The number of pyridine rings is 1. The zero-order valence-corrected chi connectivity index (χ0v) is 19.3. The summed E-state index contributed by atoms with van der Waals surface area (Å²) in [5.74, 6) is 1.34. The van der Waals surface area contributed by atoms with Crippen molar-refractivity contribution in [3.05, 3.63) is 48.4 Å². The lowest BCUT2D eigenvalue weighted by Crippen LogP contribution is -2.46. The molecule has 1 saturated heterocycles. The van der Waals surface area contributed by atoms with E-state index in [2.05, 4.69) is 87.8 Å². The molecule has 0 aliphatic carbocycles. The van der Waals surface area contributed by atoms with Crippen LogP contribution in [0.1, 0.15) is 32.4 Å². The number of likely N-dealkylation sites (N-methyl/N-ethyl adjacent to an activating group) is 1. The van der Waals surface area contributed by atoms with E-state index in [9.17, 15) is 0 Å². The van der Waals surface area contributed by atoms with Crippen LogP contribution in [0.3, 0.4) is 0 Å². The molecule has 1 fully saturated rings. The first kappa shape index (κ1) is 20.7. The van der Waals surface area contributed by atoms with Crippen molar-refractivity contribution in [3.63, 3.8) is 0 Å². The van der Waals surface area contributed by atoms with Crippen molar-refractivity contribution in [2.24, 2.45) is 0 Å². The molecule has 1 N–H and O–H groups in total. The number of hydrogen-bond donors (Lipinski definition) is 1. The van der Waals surface area contributed by atoms with E-state index in [0.717, 1.165) is 55.0 Å². The zero-order valence-electron chi connectivity index (χ0n) is 19.3. The molecule has 0 amide bonds. The van der Waals surface area contributed by atoms with Crippen LogP contribution in [0.25, 0.3) is 21.8 Å².